The predicted molar refractivity (Wildman–Crippen MR) is 107 cm³/mol. The van der Waals surface area contributed by atoms with E-state index < -0.39 is 11.7 Å². The largest absolute Gasteiger partial charge is 0.492 e. The van der Waals surface area contributed by atoms with Gasteiger partial charge in [-0.3, -0.25) is 9.63 Å². The van der Waals surface area contributed by atoms with Gasteiger partial charge in [0.2, 0.25) is 0 Å². The first-order chi connectivity index (χ1) is 13.9. The number of fused-ring (bicyclic) bond motifs is 1. The number of carbonyl (C=O) groups is 1. The van der Waals surface area contributed by atoms with Gasteiger partial charge < -0.3 is 10.1 Å². The number of amides is 1. The van der Waals surface area contributed by atoms with Crippen LogP contribution in [0.15, 0.2) is 24.7 Å². The Hall–Kier alpha value is -3.20. The topological polar surface area (TPSA) is 89.8 Å². The van der Waals surface area contributed by atoms with Gasteiger partial charge >= 0.3 is 0 Å². The number of anilines is 2. The van der Waals surface area contributed by atoms with Gasteiger partial charge in [-0.15, -0.1) is 0 Å². The highest BCUT2D eigenvalue weighted by atomic mass is 19.1. The van der Waals surface area contributed by atoms with Crippen molar-refractivity contribution in [2.75, 3.05) is 19.0 Å². The third kappa shape index (κ3) is 4.00. The van der Waals surface area contributed by atoms with Crippen LogP contribution in [-0.2, 0) is 4.84 Å². The van der Waals surface area contributed by atoms with Crippen molar-refractivity contribution in [3.8, 4) is 5.75 Å². The van der Waals surface area contributed by atoms with Crippen LogP contribution >= 0.6 is 0 Å². The first kappa shape index (κ1) is 20.5. The number of rotatable bonds is 7. The Balaban J connectivity index is 2.11. The Morgan fingerprint density at radius 1 is 1.34 bits per heavy atom. The van der Waals surface area contributed by atoms with E-state index in [0.29, 0.717) is 23.7 Å². The molecule has 0 aliphatic heterocycles. The normalized spacial score (nSPS) is 11.1. The molecule has 0 saturated heterocycles. The van der Waals surface area contributed by atoms with Crippen LogP contribution in [0, 0.1) is 12.7 Å². The Kier molecular flexibility index (Phi) is 5.97. The summed E-state index contributed by atoms with van der Waals surface area (Å²) in [6.07, 6.45) is 3.24. The maximum absolute atomic E-state index is 14.3. The Bertz CT molecular complexity index is 1050. The van der Waals surface area contributed by atoms with Crippen LogP contribution in [0.3, 0.4) is 0 Å². The molecule has 0 saturated carbocycles. The lowest BCUT2D eigenvalue weighted by molar-refractivity contribution is 0.0533. The van der Waals surface area contributed by atoms with Crippen LogP contribution in [0.1, 0.15) is 48.2 Å². The van der Waals surface area contributed by atoms with Gasteiger partial charge in [-0.25, -0.2) is 19.4 Å². The number of aromatic nitrogens is 3. The van der Waals surface area contributed by atoms with Crippen LogP contribution in [0.25, 0.3) is 5.52 Å². The summed E-state index contributed by atoms with van der Waals surface area (Å²) in [7, 11) is 1.29. The lowest BCUT2D eigenvalue weighted by Crippen LogP contribution is -2.23. The molecule has 0 bridgehead atoms. The third-order valence-electron chi connectivity index (χ3n) is 4.46. The van der Waals surface area contributed by atoms with Crippen molar-refractivity contribution in [3.05, 3.63) is 47.2 Å². The molecule has 154 valence electrons. The molecule has 0 fully saturated rings. The number of hydrogen-bond donors (Lipinski definition) is 2. The number of hydroxylamine groups is 1. The molecular weight excluding hydrogens is 377 g/mol. The number of hydrogen-bond acceptors (Lipinski definition) is 6. The predicted octanol–water partition coefficient (Wildman–Crippen LogP) is 3.73. The molecule has 0 radical (unpaired) electrons. The second kappa shape index (κ2) is 8.44. The second-order valence-electron chi connectivity index (χ2n) is 6.80. The fourth-order valence-electron chi connectivity index (χ4n) is 3.19. The van der Waals surface area contributed by atoms with E-state index in [1.165, 1.54) is 25.6 Å². The third-order valence-corrected chi connectivity index (χ3v) is 4.46. The van der Waals surface area contributed by atoms with E-state index in [-0.39, 0.29) is 11.5 Å². The zero-order valence-corrected chi connectivity index (χ0v) is 17.0. The second-order valence-corrected chi connectivity index (χ2v) is 6.80. The highest BCUT2D eigenvalue weighted by Crippen LogP contribution is 2.36. The fourth-order valence-corrected chi connectivity index (χ4v) is 3.19. The smallest absolute Gasteiger partial charge is 0.277 e. The van der Waals surface area contributed by atoms with E-state index in [2.05, 4.69) is 39.6 Å². The van der Waals surface area contributed by atoms with Crippen LogP contribution in [0.2, 0.25) is 0 Å². The van der Waals surface area contributed by atoms with Gasteiger partial charge in [0.25, 0.3) is 5.91 Å². The quantitative estimate of drug-likeness (QED) is 0.587. The molecule has 2 N–H and O–H groups in total. The van der Waals surface area contributed by atoms with Crippen molar-refractivity contribution < 1.29 is 18.8 Å². The van der Waals surface area contributed by atoms with Crippen molar-refractivity contribution in [1.82, 2.24) is 20.1 Å². The maximum Gasteiger partial charge on any atom is 0.277 e. The van der Waals surface area contributed by atoms with Gasteiger partial charge in [0, 0.05) is 11.3 Å². The van der Waals surface area contributed by atoms with Crippen molar-refractivity contribution in [1.29, 1.82) is 0 Å². The molecule has 29 heavy (non-hydrogen) atoms. The van der Waals surface area contributed by atoms with Gasteiger partial charge in [-0.2, -0.15) is 5.10 Å². The fraction of sp³-hybridized carbons (Fsp3) is 0.350. The van der Waals surface area contributed by atoms with Crippen LogP contribution < -0.4 is 15.5 Å². The van der Waals surface area contributed by atoms with E-state index in [4.69, 9.17) is 4.74 Å². The van der Waals surface area contributed by atoms with Gasteiger partial charge in [0.1, 0.15) is 23.4 Å². The van der Waals surface area contributed by atoms with Crippen LogP contribution in [-0.4, -0.2) is 34.2 Å². The number of ether oxygens (including phenoxy) is 1. The van der Waals surface area contributed by atoms with Crippen molar-refractivity contribution in [2.45, 2.75) is 33.6 Å². The van der Waals surface area contributed by atoms with Crippen molar-refractivity contribution in [3.63, 3.8) is 0 Å². The summed E-state index contributed by atoms with van der Waals surface area (Å²) in [5, 5.41) is 7.50. The summed E-state index contributed by atoms with van der Waals surface area (Å²) >= 11 is 0. The van der Waals surface area contributed by atoms with Crippen LogP contribution in [0.4, 0.5) is 15.9 Å². The molecule has 1 aromatic carbocycles. The summed E-state index contributed by atoms with van der Waals surface area (Å²) < 4.78 is 21.7. The zero-order valence-electron chi connectivity index (χ0n) is 17.0. The maximum atomic E-state index is 14.3. The Labute approximate surface area is 168 Å². The zero-order chi connectivity index (χ0) is 21.1. The van der Waals surface area contributed by atoms with E-state index in [9.17, 15) is 9.18 Å². The lowest BCUT2D eigenvalue weighted by atomic mass is 10.0. The highest BCUT2D eigenvalue weighted by molar-refractivity contribution is 5.95. The van der Waals surface area contributed by atoms with E-state index >= 15 is 0 Å². The molecule has 8 nitrogen and oxygen atoms in total. The molecule has 3 rings (SSSR count). The standard InChI is InChI=1S/C20H24FN5O3/c1-6-29-16-9-26-18(17(16)11(2)3)19(22-10-23-26)24-15-8-13(20(27)25-28-5)14(21)7-12(15)4/h7-11H,6H2,1-5H3,(H,25,27)(H,22,23,24). The number of benzene rings is 1. The van der Waals surface area contributed by atoms with E-state index in [1.807, 2.05) is 13.1 Å². The molecule has 0 unspecified atom stereocenters. The van der Waals surface area contributed by atoms with Crippen LogP contribution in [0.5, 0.6) is 5.75 Å². The first-order valence-electron chi connectivity index (χ1n) is 9.26. The minimum Gasteiger partial charge on any atom is -0.492 e. The molecule has 0 aliphatic rings. The van der Waals surface area contributed by atoms with Crippen molar-refractivity contribution >= 4 is 22.9 Å². The van der Waals surface area contributed by atoms with Gasteiger partial charge in [0.15, 0.2) is 5.82 Å². The van der Waals surface area contributed by atoms with Gasteiger partial charge in [-0.05, 0) is 37.5 Å². The number of nitrogens with zero attached hydrogens (tertiary/aromatic N) is 3. The molecule has 0 atom stereocenters. The van der Waals surface area contributed by atoms with E-state index in [0.717, 1.165) is 16.8 Å². The molecule has 9 heteroatoms. The first-order valence-corrected chi connectivity index (χ1v) is 9.26. The minimum absolute atomic E-state index is 0.139. The van der Waals surface area contributed by atoms with Gasteiger partial charge in [0.05, 0.1) is 25.5 Å². The summed E-state index contributed by atoms with van der Waals surface area (Å²) in [6, 6.07) is 2.72. The van der Waals surface area contributed by atoms with Gasteiger partial charge in [-0.1, -0.05) is 13.8 Å². The molecule has 3 aromatic rings. The molecule has 0 spiro atoms. The van der Waals surface area contributed by atoms with Crippen molar-refractivity contribution in [2.24, 2.45) is 0 Å². The summed E-state index contributed by atoms with van der Waals surface area (Å²) in [6.45, 7) is 8.32. The summed E-state index contributed by atoms with van der Waals surface area (Å²) in [4.78, 5) is 21.0. The Morgan fingerprint density at radius 3 is 2.76 bits per heavy atom. The average molecular weight is 401 g/mol. The minimum atomic E-state index is -0.676. The highest BCUT2D eigenvalue weighted by Gasteiger charge is 2.21. The van der Waals surface area contributed by atoms with E-state index in [1.54, 1.807) is 11.4 Å². The summed E-state index contributed by atoms with van der Waals surface area (Å²) in [5.41, 5.74) is 4.88. The number of nitrogens with one attached hydrogen (secondary N) is 2. The monoisotopic (exact) mass is 401 g/mol. The SMILES string of the molecule is CCOc1cn2ncnc(Nc3cc(C(=O)NOC)c(F)cc3C)c2c1C(C)C. The molecular formula is C20H24FN5O3. The average Bonchev–Trinajstić information content (AvgIpc) is 3.03. The molecule has 2 aromatic heterocycles. The summed E-state index contributed by atoms with van der Waals surface area (Å²) in [5.74, 6) is 0.111. The Morgan fingerprint density at radius 2 is 2.10 bits per heavy atom. The molecule has 1 amide bonds. The number of halogens is 1. The number of carbonyl (C=O) groups excluding carboxylic acids is 1. The molecule has 0 aliphatic carbocycles. The molecule has 2 heterocycles. The lowest BCUT2D eigenvalue weighted by Gasteiger charge is -2.14. The number of aryl methyl sites for hydroxylation is 1.